The molecule has 3 rings (SSSR count). The summed E-state index contributed by atoms with van der Waals surface area (Å²) in [6, 6.07) is 3.74. The number of thiophene rings is 1. The molecule has 2 nitrogen and oxygen atoms in total. The van der Waals surface area contributed by atoms with Gasteiger partial charge < -0.3 is 5.73 Å². The lowest BCUT2D eigenvalue weighted by Gasteiger charge is -2.15. The van der Waals surface area contributed by atoms with E-state index in [4.69, 9.17) is 0 Å². The summed E-state index contributed by atoms with van der Waals surface area (Å²) in [7, 11) is 1.50. The zero-order valence-corrected chi connectivity index (χ0v) is 20.7. The number of carbonyl (C=O) groups is 1. The highest BCUT2D eigenvalue weighted by atomic mass is 32.1. The van der Waals surface area contributed by atoms with Crippen molar-refractivity contribution in [2.75, 3.05) is 7.05 Å². The number of hydrogen-bond donors (Lipinski definition) is 1. The molecule has 2 fully saturated rings. The van der Waals surface area contributed by atoms with Crippen molar-refractivity contribution in [3.63, 3.8) is 0 Å². The number of carbonyl (C=O) groups excluding carboxylic acids is 1. The molecule has 0 spiro atoms. The van der Waals surface area contributed by atoms with Gasteiger partial charge in [-0.15, -0.1) is 24.5 Å². The number of ketones is 1. The Morgan fingerprint density at radius 1 is 1.00 bits per heavy atom. The topological polar surface area (TPSA) is 43.1 Å². The van der Waals surface area contributed by atoms with Crippen LogP contribution in [0.1, 0.15) is 107 Å². The van der Waals surface area contributed by atoms with E-state index in [0.717, 1.165) is 15.7 Å². The van der Waals surface area contributed by atoms with Crippen LogP contribution < -0.4 is 5.73 Å². The van der Waals surface area contributed by atoms with Gasteiger partial charge in [0, 0.05) is 5.41 Å². The number of rotatable bonds is 1. The average Bonchev–Trinajstić information content (AvgIpc) is 3.12. The average molecular weight is 420 g/mol. The van der Waals surface area contributed by atoms with Crippen molar-refractivity contribution in [1.29, 1.82) is 0 Å². The first-order valence-corrected chi connectivity index (χ1v) is 11.8. The highest BCUT2D eigenvalue weighted by molar-refractivity contribution is 7.14. The monoisotopic (exact) mass is 419 g/mol. The smallest absolute Gasteiger partial charge is 0.169 e. The van der Waals surface area contributed by atoms with Crippen molar-refractivity contribution in [1.82, 2.24) is 0 Å². The van der Waals surface area contributed by atoms with E-state index < -0.39 is 0 Å². The van der Waals surface area contributed by atoms with Crippen molar-refractivity contribution in [3.05, 3.63) is 35.0 Å². The predicted octanol–water partition coefficient (Wildman–Crippen LogP) is 7.87. The molecule has 0 bridgehead atoms. The van der Waals surface area contributed by atoms with Crippen molar-refractivity contribution in [2.45, 2.75) is 92.4 Å². The minimum Gasteiger partial charge on any atom is -0.333 e. The van der Waals surface area contributed by atoms with Gasteiger partial charge in [0.1, 0.15) is 0 Å². The summed E-state index contributed by atoms with van der Waals surface area (Å²) < 4.78 is 0. The molecule has 2 N–H and O–H groups in total. The van der Waals surface area contributed by atoms with Crippen LogP contribution in [0.15, 0.2) is 25.3 Å². The summed E-state index contributed by atoms with van der Waals surface area (Å²) in [5.74, 6) is 7.36. The Kier molecular flexibility index (Phi) is 19.2. The summed E-state index contributed by atoms with van der Waals surface area (Å²) in [6.45, 7) is 16.1. The number of hydrogen-bond acceptors (Lipinski definition) is 3. The van der Waals surface area contributed by atoms with Crippen molar-refractivity contribution in [2.24, 2.45) is 17.1 Å². The first-order valence-electron chi connectivity index (χ1n) is 11.0. The second-order valence-electron chi connectivity index (χ2n) is 8.38. The minimum atomic E-state index is 0.0143. The van der Waals surface area contributed by atoms with Gasteiger partial charge in [0.05, 0.1) is 9.75 Å². The lowest BCUT2D eigenvalue weighted by atomic mass is 9.91. The summed E-state index contributed by atoms with van der Waals surface area (Å²) in [5.41, 5.74) is 4.51. The van der Waals surface area contributed by atoms with Gasteiger partial charge in [0.2, 0.25) is 0 Å². The fourth-order valence-corrected chi connectivity index (χ4v) is 3.15. The normalized spacial score (nSPS) is 14.9. The highest BCUT2D eigenvalue weighted by Crippen LogP contribution is 2.22. The molecule has 3 heteroatoms. The molecular formula is C26H45NOS. The van der Waals surface area contributed by atoms with Crippen LogP contribution in [0.5, 0.6) is 0 Å². The molecule has 2 aliphatic carbocycles. The van der Waals surface area contributed by atoms with E-state index in [1.807, 2.05) is 12.1 Å². The Bertz CT molecular complexity index is 572. The lowest BCUT2D eigenvalue weighted by molar-refractivity contribution is 0.102. The molecule has 0 amide bonds. The molecule has 0 saturated heterocycles. The molecule has 1 aromatic rings. The third-order valence-electron chi connectivity index (χ3n) is 4.41. The van der Waals surface area contributed by atoms with Gasteiger partial charge in [-0.25, -0.2) is 0 Å². The highest BCUT2D eigenvalue weighted by Gasteiger charge is 2.06. The second-order valence-corrected chi connectivity index (χ2v) is 9.46. The summed E-state index contributed by atoms with van der Waals surface area (Å²) in [4.78, 5) is 12.8. The van der Waals surface area contributed by atoms with Crippen LogP contribution in [0, 0.1) is 23.2 Å². The molecule has 0 aromatic carbocycles. The zero-order chi connectivity index (χ0) is 22.7. The molecule has 0 aliphatic heterocycles. The van der Waals surface area contributed by atoms with Gasteiger partial charge in [0.25, 0.3) is 0 Å². The third-order valence-corrected chi connectivity index (χ3v) is 5.51. The molecule has 2 saturated carbocycles. The molecule has 1 heterocycles. The summed E-state index contributed by atoms with van der Waals surface area (Å²) in [5, 5.41) is 0. The fourth-order valence-electron chi connectivity index (χ4n) is 2.40. The number of nitrogens with two attached hydrogens (primary N) is 1. The Morgan fingerprint density at radius 2 is 1.45 bits per heavy atom. The molecule has 29 heavy (non-hydrogen) atoms. The number of Topliss-reactive ketones (excluding diaryl/α,β-unsaturated/α-hetero) is 1. The summed E-state index contributed by atoms with van der Waals surface area (Å²) >= 11 is 1.46. The van der Waals surface area contributed by atoms with Crippen molar-refractivity contribution >= 4 is 17.1 Å². The van der Waals surface area contributed by atoms with Crippen LogP contribution in [0.2, 0.25) is 0 Å². The van der Waals surface area contributed by atoms with E-state index in [0.29, 0.717) is 0 Å². The van der Waals surface area contributed by atoms with Crippen LogP contribution in [0.3, 0.4) is 0 Å². The maximum absolute atomic E-state index is 11.0. The largest absolute Gasteiger partial charge is 0.333 e. The summed E-state index contributed by atoms with van der Waals surface area (Å²) in [6.07, 6.45) is 13.4. The second kappa shape index (κ2) is 18.6. The zero-order valence-electron chi connectivity index (χ0n) is 19.9. The maximum atomic E-state index is 11.0. The van der Waals surface area contributed by atoms with Crippen LogP contribution >= 0.6 is 11.3 Å². The minimum absolute atomic E-state index is 0.0143. The SMILES string of the molecule is C1CCC1.C=C.CC(=O)c1ccc(C#CC(C)(C)C)s1.CC1CCCCC1.CN. The first kappa shape index (κ1) is 29.8. The van der Waals surface area contributed by atoms with Gasteiger partial charge in [-0.3, -0.25) is 4.79 Å². The van der Waals surface area contributed by atoms with Gasteiger partial charge in [0.15, 0.2) is 5.78 Å². The van der Waals surface area contributed by atoms with Crippen LogP contribution in [-0.4, -0.2) is 12.8 Å². The maximum Gasteiger partial charge on any atom is 0.169 e. The standard InChI is InChI=1S/C12H14OS.C7H14.C4H8.C2H4.CH5N/c1-9(13)11-6-5-10(14-11)7-8-12(2,3)4;1-7-5-3-2-4-6-7;1-2-4-3-1;2*1-2/h5-6H,1-4H3;7H,2-6H2,1H3;1-4H2;1-2H2;2H2,1H3. The van der Waals surface area contributed by atoms with Gasteiger partial charge in [-0.05, 0) is 52.8 Å². The van der Waals surface area contributed by atoms with Gasteiger partial charge in [-0.1, -0.05) is 76.6 Å². The van der Waals surface area contributed by atoms with Crippen LogP contribution in [0.4, 0.5) is 0 Å². The lowest BCUT2D eigenvalue weighted by Crippen LogP contribution is -1.99. The van der Waals surface area contributed by atoms with E-state index in [-0.39, 0.29) is 11.2 Å². The van der Waals surface area contributed by atoms with E-state index in [1.54, 1.807) is 6.92 Å². The molecule has 0 radical (unpaired) electrons. The van der Waals surface area contributed by atoms with Gasteiger partial charge >= 0.3 is 0 Å². The van der Waals surface area contributed by atoms with Crippen molar-refractivity contribution in [3.8, 4) is 11.8 Å². The molecular weight excluding hydrogens is 374 g/mol. The van der Waals surface area contributed by atoms with Crippen molar-refractivity contribution < 1.29 is 4.79 Å². The first-order chi connectivity index (χ1) is 13.8. The Morgan fingerprint density at radius 3 is 1.72 bits per heavy atom. The Hall–Kier alpha value is -1.37. The van der Waals surface area contributed by atoms with E-state index in [1.165, 1.54) is 76.2 Å². The van der Waals surface area contributed by atoms with Gasteiger partial charge in [-0.2, -0.15) is 0 Å². The molecule has 166 valence electrons. The predicted molar refractivity (Wildman–Crippen MR) is 133 cm³/mol. The van der Waals surface area contributed by atoms with Crippen LogP contribution in [-0.2, 0) is 0 Å². The molecule has 2 aliphatic rings. The Labute approximate surface area is 185 Å². The van der Waals surface area contributed by atoms with E-state index in [2.05, 4.69) is 58.4 Å². The molecule has 0 unspecified atom stereocenters. The van der Waals surface area contributed by atoms with E-state index in [9.17, 15) is 4.79 Å². The van der Waals surface area contributed by atoms with Crippen LogP contribution in [0.25, 0.3) is 0 Å². The van der Waals surface area contributed by atoms with E-state index >= 15 is 0 Å². The fraction of sp³-hybridized carbons (Fsp3) is 0.654. The Balaban J connectivity index is 0. The quantitative estimate of drug-likeness (QED) is 0.286. The third kappa shape index (κ3) is 18.4. The molecule has 0 atom stereocenters. The molecule has 1 aromatic heterocycles.